The highest BCUT2D eigenvalue weighted by Gasteiger charge is 2.12. The summed E-state index contributed by atoms with van der Waals surface area (Å²) >= 11 is 3.46. The van der Waals surface area contributed by atoms with Crippen molar-refractivity contribution in [1.29, 1.82) is 0 Å². The van der Waals surface area contributed by atoms with E-state index in [9.17, 15) is 14.5 Å². The third-order valence-corrected chi connectivity index (χ3v) is 5.01. The molecule has 166 valence electrons. The SMILES string of the molecule is CCOc1cc(/C=N\OCc2cccc([N+](=O)[O-])c2)c(Br)cc1OCc1ccccc1F. The molecule has 0 unspecified atom stereocenters. The summed E-state index contributed by atoms with van der Waals surface area (Å²) in [6, 6.07) is 16.0. The number of halogens is 2. The summed E-state index contributed by atoms with van der Waals surface area (Å²) in [5, 5.41) is 14.8. The summed E-state index contributed by atoms with van der Waals surface area (Å²) in [5.41, 5.74) is 1.73. The van der Waals surface area contributed by atoms with Gasteiger partial charge in [0.25, 0.3) is 5.69 Å². The molecule has 0 saturated heterocycles. The maximum Gasteiger partial charge on any atom is 0.269 e. The van der Waals surface area contributed by atoms with Crippen molar-refractivity contribution in [3.8, 4) is 11.5 Å². The fourth-order valence-electron chi connectivity index (χ4n) is 2.77. The van der Waals surface area contributed by atoms with Gasteiger partial charge in [-0.15, -0.1) is 0 Å². The van der Waals surface area contributed by atoms with Crippen molar-refractivity contribution in [2.24, 2.45) is 5.16 Å². The monoisotopic (exact) mass is 502 g/mol. The molecule has 32 heavy (non-hydrogen) atoms. The van der Waals surface area contributed by atoms with Crippen LogP contribution in [0, 0.1) is 15.9 Å². The van der Waals surface area contributed by atoms with Crippen LogP contribution in [-0.4, -0.2) is 17.7 Å². The molecule has 0 atom stereocenters. The topological polar surface area (TPSA) is 83.2 Å². The Hall–Kier alpha value is -3.46. The van der Waals surface area contributed by atoms with Crippen molar-refractivity contribution in [1.82, 2.24) is 0 Å². The van der Waals surface area contributed by atoms with Crippen LogP contribution in [0.2, 0.25) is 0 Å². The largest absolute Gasteiger partial charge is 0.490 e. The fourth-order valence-corrected chi connectivity index (χ4v) is 3.19. The molecule has 3 aromatic carbocycles. The molecule has 9 heteroatoms. The quantitative estimate of drug-likeness (QED) is 0.192. The number of benzene rings is 3. The lowest BCUT2D eigenvalue weighted by atomic mass is 10.2. The number of oxime groups is 1. The lowest BCUT2D eigenvalue weighted by Gasteiger charge is -2.14. The van der Waals surface area contributed by atoms with Gasteiger partial charge in [0.15, 0.2) is 11.5 Å². The van der Waals surface area contributed by atoms with Gasteiger partial charge < -0.3 is 14.3 Å². The van der Waals surface area contributed by atoms with E-state index in [4.69, 9.17) is 14.3 Å². The van der Waals surface area contributed by atoms with Crippen LogP contribution in [0.15, 0.2) is 70.3 Å². The Kier molecular flexibility index (Phi) is 8.15. The van der Waals surface area contributed by atoms with Crippen LogP contribution < -0.4 is 9.47 Å². The Morgan fingerprint density at radius 3 is 2.59 bits per heavy atom. The summed E-state index contributed by atoms with van der Waals surface area (Å²) in [6.45, 7) is 2.40. The van der Waals surface area contributed by atoms with E-state index in [1.165, 1.54) is 24.4 Å². The van der Waals surface area contributed by atoms with E-state index in [1.807, 2.05) is 6.92 Å². The molecule has 3 rings (SSSR count). The summed E-state index contributed by atoms with van der Waals surface area (Å²) in [4.78, 5) is 15.7. The molecule has 0 bridgehead atoms. The van der Waals surface area contributed by atoms with Crippen LogP contribution >= 0.6 is 15.9 Å². The first-order valence-corrected chi connectivity index (χ1v) is 10.5. The Labute approximate surface area is 192 Å². The second-order valence-corrected chi connectivity index (χ2v) is 7.42. The fraction of sp³-hybridized carbons (Fsp3) is 0.174. The van der Waals surface area contributed by atoms with E-state index in [0.29, 0.717) is 39.3 Å². The van der Waals surface area contributed by atoms with Gasteiger partial charge in [0.2, 0.25) is 0 Å². The van der Waals surface area contributed by atoms with E-state index in [0.717, 1.165) is 0 Å². The molecule has 7 nitrogen and oxygen atoms in total. The van der Waals surface area contributed by atoms with E-state index >= 15 is 0 Å². The molecule has 0 aliphatic rings. The first kappa shape index (κ1) is 23.2. The van der Waals surface area contributed by atoms with E-state index < -0.39 is 4.92 Å². The van der Waals surface area contributed by atoms with Crippen molar-refractivity contribution in [2.75, 3.05) is 6.61 Å². The van der Waals surface area contributed by atoms with Gasteiger partial charge in [-0.05, 0) is 46.6 Å². The second kappa shape index (κ2) is 11.2. The summed E-state index contributed by atoms with van der Waals surface area (Å²) in [7, 11) is 0. The minimum atomic E-state index is -0.463. The third kappa shape index (κ3) is 6.27. The van der Waals surface area contributed by atoms with Gasteiger partial charge in [-0.2, -0.15) is 0 Å². The average molecular weight is 503 g/mol. The molecule has 0 saturated carbocycles. The van der Waals surface area contributed by atoms with E-state index in [-0.39, 0.29) is 24.7 Å². The summed E-state index contributed by atoms with van der Waals surface area (Å²) in [6.07, 6.45) is 1.49. The zero-order valence-electron chi connectivity index (χ0n) is 17.2. The van der Waals surface area contributed by atoms with Gasteiger partial charge in [-0.1, -0.05) is 35.5 Å². The first-order valence-electron chi connectivity index (χ1n) is 9.69. The first-order chi connectivity index (χ1) is 15.5. The van der Waals surface area contributed by atoms with Crippen molar-refractivity contribution >= 4 is 27.8 Å². The number of non-ortho nitro benzene ring substituents is 1. The van der Waals surface area contributed by atoms with Gasteiger partial charge in [-0.3, -0.25) is 10.1 Å². The van der Waals surface area contributed by atoms with Crippen LogP contribution in [0.1, 0.15) is 23.6 Å². The molecular weight excluding hydrogens is 483 g/mol. The number of ether oxygens (including phenoxy) is 2. The Balaban J connectivity index is 1.68. The van der Waals surface area contributed by atoms with Crippen molar-refractivity contribution in [3.05, 3.63) is 97.8 Å². The van der Waals surface area contributed by atoms with Crippen LogP contribution in [-0.2, 0) is 18.1 Å². The number of rotatable bonds is 10. The zero-order chi connectivity index (χ0) is 22.9. The molecule has 3 aromatic rings. The molecule has 0 radical (unpaired) electrons. The van der Waals surface area contributed by atoms with Crippen LogP contribution in [0.3, 0.4) is 0 Å². The molecule has 0 aromatic heterocycles. The highest BCUT2D eigenvalue weighted by molar-refractivity contribution is 9.10. The number of nitro groups is 1. The number of nitrogens with zero attached hydrogens (tertiary/aromatic N) is 2. The lowest BCUT2D eigenvalue weighted by molar-refractivity contribution is -0.384. The van der Waals surface area contributed by atoms with Crippen LogP contribution in [0.4, 0.5) is 10.1 Å². The predicted octanol–water partition coefficient (Wildman–Crippen LogP) is 6.02. The molecule has 0 heterocycles. The van der Waals surface area contributed by atoms with Gasteiger partial charge in [-0.25, -0.2) is 4.39 Å². The molecule has 0 N–H and O–H groups in total. The maximum atomic E-state index is 13.9. The Morgan fingerprint density at radius 1 is 1.06 bits per heavy atom. The van der Waals surface area contributed by atoms with E-state index in [1.54, 1.807) is 42.5 Å². The normalized spacial score (nSPS) is 10.8. The molecule has 0 fully saturated rings. The Morgan fingerprint density at radius 2 is 1.84 bits per heavy atom. The smallest absolute Gasteiger partial charge is 0.269 e. The summed E-state index contributed by atoms with van der Waals surface area (Å²) in [5.74, 6) is 0.595. The third-order valence-electron chi connectivity index (χ3n) is 4.32. The summed E-state index contributed by atoms with van der Waals surface area (Å²) < 4.78 is 26.0. The predicted molar refractivity (Wildman–Crippen MR) is 122 cm³/mol. The number of hydrogen-bond donors (Lipinski definition) is 0. The van der Waals surface area contributed by atoms with Gasteiger partial charge in [0, 0.05) is 27.7 Å². The van der Waals surface area contributed by atoms with Crippen LogP contribution in [0.25, 0.3) is 0 Å². The van der Waals surface area contributed by atoms with Crippen molar-refractivity contribution < 1.29 is 23.6 Å². The minimum absolute atomic E-state index is 0.00912. The average Bonchev–Trinajstić information content (AvgIpc) is 2.78. The number of hydrogen-bond acceptors (Lipinski definition) is 6. The van der Waals surface area contributed by atoms with Gasteiger partial charge in [0.1, 0.15) is 19.0 Å². The highest BCUT2D eigenvalue weighted by Crippen LogP contribution is 2.34. The molecule has 0 spiro atoms. The minimum Gasteiger partial charge on any atom is -0.490 e. The maximum absolute atomic E-state index is 13.9. The van der Waals surface area contributed by atoms with Crippen LogP contribution in [0.5, 0.6) is 11.5 Å². The standard InChI is InChI=1S/C23H20BrFN2O5/c1-2-30-22-11-18(13-26-32-14-16-6-5-8-19(10-16)27(28)29)20(24)12-23(22)31-15-17-7-3-4-9-21(17)25/h3-13H,2,14-15H2,1H3/b26-13-. The van der Waals surface area contributed by atoms with Crippen molar-refractivity contribution in [3.63, 3.8) is 0 Å². The van der Waals surface area contributed by atoms with Gasteiger partial charge in [0.05, 0.1) is 17.7 Å². The van der Waals surface area contributed by atoms with E-state index in [2.05, 4.69) is 21.1 Å². The molecule has 0 aliphatic heterocycles. The number of nitro benzene ring substituents is 1. The second-order valence-electron chi connectivity index (χ2n) is 6.57. The highest BCUT2D eigenvalue weighted by atomic mass is 79.9. The van der Waals surface area contributed by atoms with Gasteiger partial charge >= 0.3 is 0 Å². The van der Waals surface area contributed by atoms with Crippen molar-refractivity contribution in [2.45, 2.75) is 20.1 Å². The molecular formula is C23H20BrFN2O5. The molecule has 0 aliphatic carbocycles. The zero-order valence-corrected chi connectivity index (χ0v) is 18.7. The molecule has 0 amide bonds. The lowest BCUT2D eigenvalue weighted by Crippen LogP contribution is -2.02. The Bertz CT molecular complexity index is 1120.